The standard InChI is InChI=1S/C15H25N3O/c1-4-12-8-6-7-9-13(12)18-14-10-15(19-5-2)17-11(3)16-14/h10,12-13H,4-9H2,1-3H3,(H,16,17,18). The first kappa shape index (κ1) is 14.1. The van der Waals surface area contributed by atoms with Crippen molar-refractivity contribution < 1.29 is 4.74 Å². The molecule has 0 bridgehead atoms. The number of nitrogens with zero attached hydrogens (tertiary/aromatic N) is 2. The molecule has 1 aromatic heterocycles. The van der Waals surface area contributed by atoms with Crippen LogP contribution < -0.4 is 10.1 Å². The number of aryl methyl sites for hydroxylation is 1. The zero-order chi connectivity index (χ0) is 13.7. The molecule has 1 aromatic rings. The normalized spacial score (nSPS) is 23.1. The first-order valence-corrected chi connectivity index (χ1v) is 7.48. The Labute approximate surface area is 116 Å². The fourth-order valence-corrected chi connectivity index (χ4v) is 2.91. The molecule has 106 valence electrons. The zero-order valence-electron chi connectivity index (χ0n) is 12.3. The molecule has 2 atom stereocenters. The van der Waals surface area contributed by atoms with Crippen LogP contribution in [0.15, 0.2) is 6.07 Å². The summed E-state index contributed by atoms with van der Waals surface area (Å²) >= 11 is 0. The van der Waals surface area contributed by atoms with Crippen LogP contribution in [0.2, 0.25) is 0 Å². The summed E-state index contributed by atoms with van der Waals surface area (Å²) in [4.78, 5) is 8.76. The molecule has 1 fully saturated rings. The van der Waals surface area contributed by atoms with Crippen LogP contribution in [0.25, 0.3) is 0 Å². The molecule has 4 heteroatoms. The molecule has 2 rings (SSSR count). The molecule has 0 aromatic carbocycles. The van der Waals surface area contributed by atoms with E-state index in [9.17, 15) is 0 Å². The van der Waals surface area contributed by atoms with Crippen molar-refractivity contribution in [1.29, 1.82) is 0 Å². The predicted octanol–water partition coefficient (Wildman–Crippen LogP) is 3.56. The van der Waals surface area contributed by atoms with Gasteiger partial charge in [-0.2, -0.15) is 4.98 Å². The molecule has 0 spiro atoms. The molecule has 1 saturated carbocycles. The molecule has 1 aliphatic rings. The van der Waals surface area contributed by atoms with E-state index >= 15 is 0 Å². The Balaban J connectivity index is 2.08. The van der Waals surface area contributed by atoms with E-state index in [0.29, 0.717) is 18.5 Å². The fourth-order valence-electron chi connectivity index (χ4n) is 2.91. The topological polar surface area (TPSA) is 47.0 Å². The van der Waals surface area contributed by atoms with Crippen LogP contribution in [0.3, 0.4) is 0 Å². The summed E-state index contributed by atoms with van der Waals surface area (Å²) in [7, 11) is 0. The van der Waals surface area contributed by atoms with Gasteiger partial charge in [-0.15, -0.1) is 0 Å². The number of rotatable bonds is 5. The van der Waals surface area contributed by atoms with Crippen LogP contribution in [-0.4, -0.2) is 22.6 Å². The first-order chi connectivity index (χ1) is 9.22. The number of aromatic nitrogens is 2. The molecule has 4 nitrogen and oxygen atoms in total. The monoisotopic (exact) mass is 263 g/mol. The Morgan fingerprint density at radius 2 is 2.05 bits per heavy atom. The summed E-state index contributed by atoms with van der Waals surface area (Å²) in [5, 5.41) is 3.59. The third-order valence-electron chi connectivity index (χ3n) is 3.87. The Morgan fingerprint density at radius 3 is 2.79 bits per heavy atom. The number of hydrogen-bond acceptors (Lipinski definition) is 4. The van der Waals surface area contributed by atoms with E-state index in [1.165, 1.54) is 32.1 Å². The van der Waals surface area contributed by atoms with Crippen molar-refractivity contribution in [1.82, 2.24) is 9.97 Å². The number of hydrogen-bond donors (Lipinski definition) is 1. The number of anilines is 1. The van der Waals surface area contributed by atoms with Crippen LogP contribution in [0.1, 0.15) is 51.8 Å². The lowest BCUT2D eigenvalue weighted by atomic mass is 9.83. The van der Waals surface area contributed by atoms with E-state index in [2.05, 4.69) is 22.2 Å². The summed E-state index contributed by atoms with van der Waals surface area (Å²) in [5.41, 5.74) is 0. The van der Waals surface area contributed by atoms with Gasteiger partial charge in [-0.05, 0) is 32.6 Å². The third-order valence-corrected chi connectivity index (χ3v) is 3.87. The van der Waals surface area contributed by atoms with Gasteiger partial charge in [0.1, 0.15) is 11.6 Å². The highest BCUT2D eigenvalue weighted by atomic mass is 16.5. The minimum atomic E-state index is 0.544. The van der Waals surface area contributed by atoms with Crippen LogP contribution in [0.5, 0.6) is 5.88 Å². The van der Waals surface area contributed by atoms with Gasteiger partial charge >= 0.3 is 0 Å². The molecule has 1 heterocycles. The largest absolute Gasteiger partial charge is 0.478 e. The summed E-state index contributed by atoms with van der Waals surface area (Å²) in [6.45, 7) is 6.79. The van der Waals surface area contributed by atoms with Crippen molar-refractivity contribution in [3.05, 3.63) is 11.9 Å². The first-order valence-electron chi connectivity index (χ1n) is 7.48. The van der Waals surface area contributed by atoms with Crippen molar-refractivity contribution in [2.24, 2.45) is 5.92 Å². The summed E-state index contributed by atoms with van der Waals surface area (Å²) < 4.78 is 5.48. The second kappa shape index (κ2) is 6.73. The molecule has 0 radical (unpaired) electrons. The third kappa shape index (κ3) is 3.82. The maximum atomic E-state index is 5.48. The Hall–Kier alpha value is -1.32. The highest BCUT2D eigenvalue weighted by Crippen LogP contribution is 2.29. The highest BCUT2D eigenvalue weighted by molar-refractivity contribution is 5.39. The highest BCUT2D eigenvalue weighted by Gasteiger charge is 2.23. The van der Waals surface area contributed by atoms with Crippen molar-refractivity contribution in [2.45, 2.75) is 58.9 Å². The van der Waals surface area contributed by atoms with Crippen LogP contribution in [0.4, 0.5) is 5.82 Å². The quantitative estimate of drug-likeness (QED) is 0.882. The van der Waals surface area contributed by atoms with Gasteiger partial charge in [0.2, 0.25) is 5.88 Å². The molecule has 19 heavy (non-hydrogen) atoms. The molecule has 2 unspecified atom stereocenters. The molecule has 1 N–H and O–H groups in total. The maximum Gasteiger partial charge on any atom is 0.218 e. The molecule has 0 saturated heterocycles. The number of nitrogens with one attached hydrogen (secondary N) is 1. The minimum absolute atomic E-state index is 0.544. The Morgan fingerprint density at radius 1 is 1.26 bits per heavy atom. The molecule has 0 aliphatic heterocycles. The van der Waals surface area contributed by atoms with Gasteiger partial charge in [0.25, 0.3) is 0 Å². The second-order valence-electron chi connectivity index (χ2n) is 5.28. The van der Waals surface area contributed by atoms with E-state index in [-0.39, 0.29) is 0 Å². The van der Waals surface area contributed by atoms with Crippen LogP contribution in [-0.2, 0) is 0 Å². The van der Waals surface area contributed by atoms with Crippen molar-refractivity contribution in [2.75, 3.05) is 11.9 Å². The van der Waals surface area contributed by atoms with Gasteiger partial charge in [-0.1, -0.05) is 26.2 Å². The van der Waals surface area contributed by atoms with Gasteiger partial charge in [-0.3, -0.25) is 0 Å². The maximum absolute atomic E-state index is 5.48. The fraction of sp³-hybridized carbons (Fsp3) is 0.733. The number of ether oxygens (including phenoxy) is 1. The lowest BCUT2D eigenvalue weighted by Gasteiger charge is -2.32. The predicted molar refractivity (Wildman–Crippen MR) is 77.6 cm³/mol. The Bertz CT molecular complexity index is 408. The summed E-state index contributed by atoms with van der Waals surface area (Å²) in [6, 6.07) is 2.46. The minimum Gasteiger partial charge on any atom is -0.478 e. The lowest BCUT2D eigenvalue weighted by molar-refractivity contribution is 0.315. The Kier molecular flexibility index (Phi) is 5.00. The molecular weight excluding hydrogens is 238 g/mol. The van der Waals surface area contributed by atoms with Gasteiger partial charge < -0.3 is 10.1 Å². The van der Waals surface area contributed by atoms with Gasteiger partial charge in [0, 0.05) is 12.1 Å². The van der Waals surface area contributed by atoms with Gasteiger partial charge in [-0.25, -0.2) is 4.98 Å². The van der Waals surface area contributed by atoms with Crippen molar-refractivity contribution in [3.63, 3.8) is 0 Å². The molecule has 1 aliphatic carbocycles. The van der Waals surface area contributed by atoms with Crippen LogP contribution >= 0.6 is 0 Å². The van der Waals surface area contributed by atoms with Gasteiger partial charge in [0.15, 0.2) is 0 Å². The van der Waals surface area contributed by atoms with E-state index in [1.807, 2.05) is 19.9 Å². The average molecular weight is 263 g/mol. The average Bonchev–Trinajstić information content (AvgIpc) is 2.39. The van der Waals surface area contributed by atoms with Gasteiger partial charge in [0.05, 0.1) is 6.61 Å². The van der Waals surface area contributed by atoms with E-state index in [0.717, 1.165) is 17.6 Å². The second-order valence-corrected chi connectivity index (χ2v) is 5.28. The zero-order valence-corrected chi connectivity index (χ0v) is 12.3. The summed E-state index contributed by atoms with van der Waals surface area (Å²) in [6.07, 6.45) is 6.49. The lowest BCUT2D eigenvalue weighted by Crippen LogP contribution is -2.32. The van der Waals surface area contributed by atoms with E-state index in [4.69, 9.17) is 4.74 Å². The van der Waals surface area contributed by atoms with Crippen LogP contribution in [0, 0.1) is 12.8 Å². The summed E-state index contributed by atoms with van der Waals surface area (Å²) in [5.74, 6) is 3.10. The van der Waals surface area contributed by atoms with Crippen molar-refractivity contribution in [3.8, 4) is 5.88 Å². The van der Waals surface area contributed by atoms with E-state index in [1.54, 1.807) is 0 Å². The molecule has 0 amide bonds. The SMILES string of the molecule is CCOc1cc(NC2CCCCC2CC)nc(C)n1. The van der Waals surface area contributed by atoms with Crippen molar-refractivity contribution >= 4 is 5.82 Å². The van der Waals surface area contributed by atoms with E-state index < -0.39 is 0 Å². The molecular formula is C15H25N3O. The smallest absolute Gasteiger partial charge is 0.218 e.